The Labute approximate surface area is 115 Å². The molecule has 1 saturated heterocycles. The molecule has 0 aliphatic carbocycles. The van der Waals surface area contributed by atoms with Gasteiger partial charge in [-0.3, -0.25) is 4.90 Å². The molecule has 1 heterocycles. The minimum Gasteiger partial charge on any atom is -0.315 e. The Bertz CT molecular complexity index is 357. The van der Waals surface area contributed by atoms with Gasteiger partial charge in [0.15, 0.2) is 0 Å². The number of hydrogen-bond acceptors (Lipinski definition) is 2. The summed E-state index contributed by atoms with van der Waals surface area (Å²) >= 11 is 5.96. The highest BCUT2D eigenvalue weighted by Gasteiger charge is 2.24. The van der Waals surface area contributed by atoms with Gasteiger partial charge in [0.05, 0.1) is 0 Å². The Kier molecular flexibility index (Phi) is 5.04. The number of halogens is 1. The van der Waals surface area contributed by atoms with Gasteiger partial charge in [-0.15, -0.1) is 0 Å². The molecule has 0 amide bonds. The first-order valence-corrected chi connectivity index (χ1v) is 7.28. The van der Waals surface area contributed by atoms with Crippen LogP contribution >= 0.6 is 11.6 Å². The SMILES string of the molecule is CCC(c1ccc(Cl)cc1)N(C)C1CCCNC1. The van der Waals surface area contributed by atoms with Crippen LogP contribution in [0.2, 0.25) is 5.02 Å². The van der Waals surface area contributed by atoms with E-state index in [2.05, 4.69) is 36.3 Å². The topological polar surface area (TPSA) is 15.3 Å². The zero-order valence-electron chi connectivity index (χ0n) is 11.3. The van der Waals surface area contributed by atoms with E-state index in [9.17, 15) is 0 Å². The predicted octanol–water partition coefficient (Wildman–Crippen LogP) is 3.47. The highest BCUT2D eigenvalue weighted by atomic mass is 35.5. The van der Waals surface area contributed by atoms with Gasteiger partial charge in [-0.05, 0) is 50.6 Å². The van der Waals surface area contributed by atoms with Crippen molar-refractivity contribution in [2.75, 3.05) is 20.1 Å². The van der Waals surface area contributed by atoms with Crippen molar-refractivity contribution in [2.45, 2.75) is 38.3 Å². The summed E-state index contributed by atoms with van der Waals surface area (Å²) in [5, 5.41) is 4.31. The average molecular weight is 267 g/mol. The second-order valence-corrected chi connectivity index (χ2v) is 5.58. The van der Waals surface area contributed by atoms with E-state index in [-0.39, 0.29) is 0 Å². The molecule has 1 fully saturated rings. The van der Waals surface area contributed by atoms with Gasteiger partial charge >= 0.3 is 0 Å². The molecule has 2 rings (SSSR count). The third-order valence-corrected chi connectivity index (χ3v) is 4.23. The molecule has 1 aromatic carbocycles. The fourth-order valence-corrected chi connectivity index (χ4v) is 3.01. The summed E-state index contributed by atoms with van der Waals surface area (Å²) in [4.78, 5) is 2.52. The molecule has 1 aromatic rings. The Morgan fingerprint density at radius 1 is 1.39 bits per heavy atom. The Morgan fingerprint density at radius 2 is 2.11 bits per heavy atom. The first-order valence-electron chi connectivity index (χ1n) is 6.90. The van der Waals surface area contributed by atoms with Crippen LogP contribution in [-0.2, 0) is 0 Å². The molecular weight excluding hydrogens is 244 g/mol. The Balaban J connectivity index is 2.09. The first kappa shape index (κ1) is 13.9. The van der Waals surface area contributed by atoms with Crippen LogP contribution in [0.4, 0.5) is 0 Å². The van der Waals surface area contributed by atoms with Gasteiger partial charge in [0, 0.05) is 23.7 Å². The largest absolute Gasteiger partial charge is 0.315 e. The summed E-state index contributed by atoms with van der Waals surface area (Å²) in [6.45, 7) is 4.54. The van der Waals surface area contributed by atoms with Crippen molar-refractivity contribution in [1.82, 2.24) is 10.2 Å². The van der Waals surface area contributed by atoms with Crippen molar-refractivity contribution in [2.24, 2.45) is 0 Å². The van der Waals surface area contributed by atoms with Crippen LogP contribution in [0, 0.1) is 0 Å². The third-order valence-electron chi connectivity index (χ3n) is 3.98. The van der Waals surface area contributed by atoms with Crippen LogP contribution < -0.4 is 5.32 Å². The minimum absolute atomic E-state index is 0.493. The predicted molar refractivity (Wildman–Crippen MR) is 78.1 cm³/mol. The van der Waals surface area contributed by atoms with Gasteiger partial charge in [-0.1, -0.05) is 30.7 Å². The molecular formula is C15H23ClN2. The monoisotopic (exact) mass is 266 g/mol. The summed E-state index contributed by atoms with van der Waals surface area (Å²) in [6.07, 6.45) is 3.72. The summed E-state index contributed by atoms with van der Waals surface area (Å²) in [5.41, 5.74) is 1.37. The van der Waals surface area contributed by atoms with Gasteiger partial charge in [-0.2, -0.15) is 0 Å². The average Bonchev–Trinajstić information content (AvgIpc) is 2.42. The molecule has 3 heteroatoms. The molecule has 0 bridgehead atoms. The molecule has 2 atom stereocenters. The fraction of sp³-hybridized carbons (Fsp3) is 0.600. The van der Waals surface area contributed by atoms with Gasteiger partial charge < -0.3 is 5.32 Å². The molecule has 0 radical (unpaired) electrons. The first-order chi connectivity index (χ1) is 8.72. The number of rotatable bonds is 4. The number of nitrogens with one attached hydrogen (secondary N) is 1. The van der Waals surface area contributed by atoms with Crippen molar-refractivity contribution < 1.29 is 0 Å². The zero-order valence-corrected chi connectivity index (χ0v) is 12.1. The summed E-state index contributed by atoms with van der Waals surface area (Å²) in [6, 6.07) is 9.44. The van der Waals surface area contributed by atoms with Crippen molar-refractivity contribution >= 4 is 11.6 Å². The summed E-state index contributed by atoms with van der Waals surface area (Å²) in [7, 11) is 2.25. The fourth-order valence-electron chi connectivity index (χ4n) is 2.88. The number of nitrogens with zero attached hydrogens (tertiary/aromatic N) is 1. The summed E-state index contributed by atoms with van der Waals surface area (Å²) in [5.74, 6) is 0. The Morgan fingerprint density at radius 3 is 2.67 bits per heavy atom. The third kappa shape index (κ3) is 3.25. The molecule has 1 aliphatic rings. The van der Waals surface area contributed by atoms with Crippen LogP contribution in [0.1, 0.15) is 37.8 Å². The summed E-state index contributed by atoms with van der Waals surface area (Å²) < 4.78 is 0. The second kappa shape index (κ2) is 6.55. The molecule has 0 saturated carbocycles. The quantitative estimate of drug-likeness (QED) is 0.898. The van der Waals surface area contributed by atoms with E-state index in [1.165, 1.54) is 24.9 Å². The van der Waals surface area contributed by atoms with E-state index in [1.54, 1.807) is 0 Å². The lowest BCUT2D eigenvalue weighted by Gasteiger charge is -2.37. The number of likely N-dealkylation sites (N-methyl/N-ethyl adjacent to an activating group) is 1. The molecule has 0 spiro atoms. The van der Waals surface area contributed by atoms with Gasteiger partial charge in [0.1, 0.15) is 0 Å². The highest BCUT2D eigenvalue weighted by Crippen LogP contribution is 2.27. The Hall–Kier alpha value is -0.570. The van der Waals surface area contributed by atoms with E-state index in [0.717, 1.165) is 18.0 Å². The maximum atomic E-state index is 5.96. The lowest BCUT2D eigenvalue weighted by atomic mass is 9.98. The van der Waals surface area contributed by atoms with E-state index in [4.69, 9.17) is 11.6 Å². The van der Waals surface area contributed by atoms with Crippen molar-refractivity contribution in [3.63, 3.8) is 0 Å². The lowest BCUT2D eigenvalue weighted by molar-refractivity contribution is 0.143. The normalized spacial score (nSPS) is 22.1. The van der Waals surface area contributed by atoms with Gasteiger partial charge in [0.2, 0.25) is 0 Å². The maximum Gasteiger partial charge on any atom is 0.0406 e. The molecule has 2 nitrogen and oxygen atoms in total. The van der Waals surface area contributed by atoms with Crippen LogP contribution in [0.5, 0.6) is 0 Å². The number of benzene rings is 1. The molecule has 1 aliphatic heterocycles. The van der Waals surface area contributed by atoms with Crippen LogP contribution in [0.25, 0.3) is 0 Å². The van der Waals surface area contributed by atoms with E-state index in [0.29, 0.717) is 12.1 Å². The highest BCUT2D eigenvalue weighted by molar-refractivity contribution is 6.30. The van der Waals surface area contributed by atoms with Crippen molar-refractivity contribution in [3.05, 3.63) is 34.9 Å². The molecule has 2 unspecified atom stereocenters. The lowest BCUT2D eigenvalue weighted by Crippen LogP contribution is -2.45. The zero-order chi connectivity index (χ0) is 13.0. The molecule has 18 heavy (non-hydrogen) atoms. The molecule has 100 valence electrons. The van der Waals surface area contributed by atoms with Crippen LogP contribution in [-0.4, -0.2) is 31.1 Å². The molecule has 0 aromatic heterocycles. The number of piperidine rings is 1. The van der Waals surface area contributed by atoms with E-state index >= 15 is 0 Å². The van der Waals surface area contributed by atoms with E-state index in [1.807, 2.05) is 12.1 Å². The van der Waals surface area contributed by atoms with Crippen LogP contribution in [0.15, 0.2) is 24.3 Å². The number of hydrogen-bond donors (Lipinski definition) is 1. The van der Waals surface area contributed by atoms with Gasteiger partial charge in [-0.25, -0.2) is 0 Å². The van der Waals surface area contributed by atoms with Crippen LogP contribution in [0.3, 0.4) is 0 Å². The standard InChI is InChI=1S/C15H23ClN2/c1-3-15(12-6-8-13(16)9-7-12)18(2)14-5-4-10-17-11-14/h6-9,14-15,17H,3-5,10-11H2,1-2H3. The minimum atomic E-state index is 0.493. The maximum absolute atomic E-state index is 5.96. The van der Waals surface area contributed by atoms with Crippen molar-refractivity contribution in [1.29, 1.82) is 0 Å². The molecule has 1 N–H and O–H groups in total. The smallest absolute Gasteiger partial charge is 0.0406 e. The van der Waals surface area contributed by atoms with Crippen molar-refractivity contribution in [3.8, 4) is 0 Å². The second-order valence-electron chi connectivity index (χ2n) is 5.14. The van der Waals surface area contributed by atoms with Gasteiger partial charge in [0.25, 0.3) is 0 Å². The van der Waals surface area contributed by atoms with E-state index < -0.39 is 0 Å².